The Kier molecular flexibility index (Phi) is 6.91. The van der Waals surface area contributed by atoms with Gasteiger partial charge in [0.1, 0.15) is 0 Å². The van der Waals surface area contributed by atoms with Gasteiger partial charge in [0.25, 0.3) is 0 Å². The molecule has 0 radical (unpaired) electrons. The van der Waals surface area contributed by atoms with Crippen molar-refractivity contribution in [1.29, 1.82) is 0 Å². The van der Waals surface area contributed by atoms with E-state index in [0.717, 1.165) is 10.9 Å². The molecule has 0 spiro atoms. The van der Waals surface area contributed by atoms with Crippen molar-refractivity contribution in [2.45, 2.75) is 38.0 Å². The topological polar surface area (TPSA) is 0 Å². The molecular formula is C14H19BrCl2. The molecule has 0 N–H and O–H groups in total. The molecule has 0 unspecified atom stereocenters. The van der Waals surface area contributed by atoms with E-state index in [9.17, 15) is 0 Å². The summed E-state index contributed by atoms with van der Waals surface area (Å²) >= 11 is 15.8. The molecule has 0 fully saturated rings. The molecule has 1 aromatic carbocycles. The smallest absolute Gasteiger partial charge is 0.0332 e. The van der Waals surface area contributed by atoms with Gasteiger partial charge in [-0.05, 0) is 24.1 Å². The largest absolute Gasteiger partial charge is 0.126 e. The monoisotopic (exact) mass is 336 g/mol. The Morgan fingerprint density at radius 1 is 1.06 bits per heavy atom. The Bertz CT molecular complexity index is 317. The zero-order chi connectivity index (χ0) is 12.7. The maximum Gasteiger partial charge on any atom is 0.0332 e. The van der Waals surface area contributed by atoms with Crippen molar-refractivity contribution in [3.05, 3.63) is 34.3 Å². The molecule has 0 aromatic heterocycles. The third-order valence-corrected chi connectivity index (χ3v) is 4.78. The predicted octanol–water partition coefficient (Wildman–Crippen LogP) is 5.74. The number of unbranched alkanes of at least 4 members (excludes halogenated alkanes) is 2. The molecule has 0 aliphatic carbocycles. The first kappa shape index (κ1) is 15.3. The molecule has 0 aliphatic rings. The first-order chi connectivity index (χ1) is 8.18. The molecule has 0 heterocycles. The van der Waals surface area contributed by atoms with Gasteiger partial charge in [-0.15, -0.1) is 23.2 Å². The molecule has 3 heteroatoms. The number of rotatable bonds is 7. The first-order valence-electron chi connectivity index (χ1n) is 6.06. The van der Waals surface area contributed by atoms with Crippen LogP contribution in [0.2, 0.25) is 0 Å². The van der Waals surface area contributed by atoms with E-state index in [2.05, 4.69) is 47.1 Å². The summed E-state index contributed by atoms with van der Waals surface area (Å²) in [6.45, 7) is 2.21. The summed E-state index contributed by atoms with van der Waals surface area (Å²) in [6, 6.07) is 8.37. The quantitative estimate of drug-likeness (QED) is 0.439. The molecule has 96 valence electrons. The van der Waals surface area contributed by atoms with Crippen LogP contribution in [-0.4, -0.2) is 11.8 Å². The van der Waals surface area contributed by atoms with Gasteiger partial charge in [-0.25, -0.2) is 0 Å². The molecule has 0 saturated heterocycles. The number of benzene rings is 1. The van der Waals surface area contributed by atoms with Gasteiger partial charge in [-0.3, -0.25) is 0 Å². The third kappa shape index (κ3) is 4.15. The summed E-state index contributed by atoms with van der Waals surface area (Å²) in [5.41, 5.74) is 1.18. The van der Waals surface area contributed by atoms with Crippen LogP contribution in [0.25, 0.3) is 0 Å². The van der Waals surface area contributed by atoms with E-state index >= 15 is 0 Å². The maximum absolute atomic E-state index is 6.18. The Labute approximate surface area is 123 Å². The van der Waals surface area contributed by atoms with Crippen LogP contribution >= 0.6 is 39.1 Å². The highest BCUT2D eigenvalue weighted by molar-refractivity contribution is 9.10. The van der Waals surface area contributed by atoms with E-state index in [0.29, 0.717) is 11.8 Å². The van der Waals surface area contributed by atoms with Gasteiger partial charge in [-0.2, -0.15) is 0 Å². The van der Waals surface area contributed by atoms with Crippen molar-refractivity contribution in [3.8, 4) is 0 Å². The van der Waals surface area contributed by atoms with Crippen molar-refractivity contribution >= 4 is 39.1 Å². The molecule has 1 aromatic rings. The normalized spacial score (nSPS) is 11.8. The molecule has 0 amide bonds. The molecule has 17 heavy (non-hydrogen) atoms. The Morgan fingerprint density at radius 3 is 2.12 bits per heavy atom. The lowest BCUT2D eigenvalue weighted by molar-refractivity contribution is 0.461. The molecule has 0 nitrogen and oxygen atoms in total. The molecule has 1 rings (SSSR count). The van der Waals surface area contributed by atoms with Gasteiger partial charge >= 0.3 is 0 Å². The molecule has 0 saturated carbocycles. The second-order valence-electron chi connectivity index (χ2n) is 4.51. The summed E-state index contributed by atoms with van der Waals surface area (Å²) in [5, 5.41) is 0. The minimum atomic E-state index is -0.0705. The summed E-state index contributed by atoms with van der Waals surface area (Å²) < 4.78 is 1.09. The van der Waals surface area contributed by atoms with Crippen molar-refractivity contribution < 1.29 is 0 Å². The minimum absolute atomic E-state index is 0.0705. The van der Waals surface area contributed by atoms with E-state index in [1.807, 2.05) is 0 Å². The van der Waals surface area contributed by atoms with Crippen molar-refractivity contribution in [2.24, 2.45) is 0 Å². The standard InChI is InChI=1S/C14H19BrCl2/c1-2-3-4-9-14(10-16,11-17)12-5-7-13(15)8-6-12/h5-8H,2-4,9-11H2,1H3. The summed E-state index contributed by atoms with van der Waals surface area (Å²) in [7, 11) is 0. The third-order valence-electron chi connectivity index (χ3n) is 3.23. The fourth-order valence-corrected chi connectivity index (χ4v) is 3.11. The van der Waals surface area contributed by atoms with E-state index in [1.54, 1.807) is 0 Å². The second-order valence-corrected chi connectivity index (χ2v) is 5.96. The number of alkyl halides is 2. The van der Waals surface area contributed by atoms with Crippen LogP contribution in [0.5, 0.6) is 0 Å². The zero-order valence-corrected chi connectivity index (χ0v) is 13.3. The van der Waals surface area contributed by atoms with Crippen LogP contribution in [0.3, 0.4) is 0 Å². The van der Waals surface area contributed by atoms with Gasteiger partial charge in [0.15, 0.2) is 0 Å². The number of hydrogen-bond acceptors (Lipinski definition) is 0. The average Bonchev–Trinajstić information content (AvgIpc) is 2.37. The van der Waals surface area contributed by atoms with Gasteiger partial charge < -0.3 is 0 Å². The fraction of sp³-hybridized carbons (Fsp3) is 0.571. The lowest BCUT2D eigenvalue weighted by Gasteiger charge is -2.30. The lowest BCUT2D eigenvalue weighted by atomic mass is 9.79. The lowest BCUT2D eigenvalue weighted by Crippen LogP contribution is -2.30. The highest BCUT2D eigenvalue weighted by Gasteiger charge is 2.29. The van der Waals surface area contributed by atoms with Crippen LogP contribution in [0.4, 0.5) is 0 Å². The van der Waals surface area contributed by atoms with Crippen molar-refractivity contribution in [1.82, 2.24) is 0 Å². The number of hydrogen-bond donors (Lipinski definition) is 0. The summed E-state index contributed by atoms with van der Waals surface area (Å²) in [4.78, 5) is 0. The van der Waals surface area contributed by atoms with Crippen LogP contribution in [0.1, 0.15) is 38.2 Å². The van der Waals surface area contributed by atoms with Crippen molar-refractivity contribution in [3.63, 3.8) is 0 Å². The molecular weight excluding hydrogens is 319 g/mol. The van der Waals surface area contributed by atoms with Crippen LogP contribution in [0, 0.1) is 0 Å². The van der Waals surface area contributed by atoms with Gasteiger partial charge in [0.2, 0.25) is 0 Å². The summed E-state index contributed by atoms with van der Waals surface area (Å²) in [5.74, 6) is 1.17. The number of halogens is 3. The van der Waals surface area contributed by atoms with Crippen LogP contribution in [-0.2, 0) is 5.41 Å². The van der Waals surface area contributed by atoms with E-state index in [-0.39, 0.29) is 5.41 Å². The van der Waals surface area contributed by atoms with Gasteiger partial charge in [0, 0.05) is 21.6 Å². The molecule has 0 atom stereocenters. The van der Waals surface area contributed by atoms with E-state index in [4.69, 9.17) is 23.2 Å². The highest BCUT2D eigenvalue weighted by atomic mass is 79.9. The SMILES string of the molecule is CCCCCC(CCl)(CCl)c1ccc(Br)cc1. The zero-order valence-electron chi connectivity index (χ0n) is 10.2. The highest BCUT2D eigenvalue weighted by Crippen LogP contribution is 2.33. The predicted molar refractivity (Wildman–Crippen MR) is 81.4 cm³/mol. The maximum atomic E-state index is 6.18. The van der Waals surface area contributed by atoms with Crippen LogP contribution in [0.15, 0.2) is 28.7 Å². The van der Waals surface area contributed by atoms with E-state index in [1.165, 1.54) is 24.8 Å². The average molecular weight is 338 g/mol. The Balaban J connectivity index is 2.85. The molecule has 0 bridgehead atoms. The Hall–Kier alpha value is 0.280. The second kappa shape index (κ2) is 7.66. The van der Waals surface area contributed by atoms with Gasteiger partial charge in [0.05, 0.1) is 0 Å². The first-order valence-corrected chi connectivity index (χ1v) is 7.92. The fourth-order valence-electron chi connectivity index (χ4n) is 1.98. The minimum Gasteiger partial charge on any atom is -0.126 e. The van der Waals surface area contributed by atoms with Gasteiger partial charge in [-0.1, -0.05) is 54.2 Å². The summed E-state index contributed by atoms with van der Waals surface area (Å²) in [6.07, 6.45) is 4.72. The van der Waals surface area contributed by atoms with Crippen LogP contribution < -0.4 is 0 Å². The Morgan fingerprint density at radius 2 is 1.65 bits per heavy atom. The van der Waals surface area contributed by atoms with E-state index < -0.39 is 0 Å². The molecule has 0 aliphatic heterocycles. The van der Waals surface area contributed by atoms with Crippen molar-refractivity contribution in [2.75, 3.05) is 11.8 Å².